The number of para-hydroxylation sites is 1. The Balaban J connectivity index is 1.95. The molecule has 162 valence electrons. The Morgan fingerprint density at radius 3 is 2.42 bits per heavy atom. The molecule has 0 spiro atoms. The number of anilines is 1. The van der Waals surface area contributed by atoms with Gasteiger partial charge in [-0.15, -0.1) is 0 Å². The first-order valence-electron chi connectivity index (χ1n) is 9.42. The third kappa shape index (κ3) is 3.19. The molecule has 0 bridgehead atoms. The first kappa shape index (κ1) is 20.7. The molecule has 10 heteroatoms. The third-order valence-corrected chi connectivity index (χ3v) is 7.23. The van der Waals surface area contributed by atoms with Crippen LogP contribution < -0.4 is 15.2 Å². The number of carbonyl (C=O) groups excluding carboxylic acids is 1. The van der Waals surface area contributed by atoms with Crippen molar-refractivity contribution in [3.63, 3.8) is 0 Å². The minimum absolute atomic E-state index is 0.00512. The predicted octanol–water partition coefficient (Wildman–Crippen LogP) is 1.66. The van der Waals surface area contributed by atoms with Gasteiger partial charge in [-0.2, -0.15) is 0 Å². The first-order valence-corrected chi connectivity index (χ1v) is 11.1. The number of methoxy groups -OCH3 is 1. The number of nitrogens with zero attached hydrogens (tertiary/aromatic N) is 3. The van der Waals surface area contributed by atoms with Crippen LogP contribution in [0.5, 0.6) is 11.5 Å². The Morgan fingerprint density at radius 1 is 1.10 bits per heavy atom. The molecule has 1 fully saturated rings. The zero-order chi connectivity index (χ0) is 22.5. The highest BCUT2D eigenvalue weighted by Gasteiger charge is 2.48. The van der Waals surface area contributed by atoms with Crippen molar-refractivity contribution in [2.45, 2.75) is 12.3 Å². The Kier molecular flexibility index (Phi) is 4.89. The lowest BCUT2D eigenvalue weighted by Crippen LogP contribution is -2.34. The summed E-state index contributed by atoms with van der Waals surface area (Å²) in [5.41, 5.74) is 0.730. The molecule has 2 heterocycles. The summed E-state index contributed by atoms with van der Waals surface area (Å²) < 4.78 is 33.9. The van der Waals surface area contributed by atoms with Crippen molar-refractivity contribution in [2.75, 3.05) is 17.8 Å². The fraction of sp³-hybridized carbons (Fsp3) is 0.238. The largest absolute Gasteiger partial charge is 0.504 e. The average molecular weight is 443 g/mol. The van der Waals surface area contributed by atoms with Gasteiger partial charge in [-0.3, -0.25) is 19.2 Å². The van der Waals surface area contributed by atoms with Crippen LogP contribution in [0.1, 0.15) is 16.6 Å². The summed E-state index contributed by atoms with van der Waals surface area (Å²) in [6.45, 7) is 1.66. The summed E-state index contributed by atoms with van der Waals surface area (Å²) in [6.07, 6.45) is 0. The maximum Gasteiger partial charge on any atom is 0.295 e. The second-order valence-corrected chi connectivity index (χ2v) is 9.33. The van der Waals surface area contributed by atoms with E-state index in [1.807, 2.05) is 6.07 Å². The Hall–Kier alpha value is -3.53. The number of carbonyl (C=O) groups is 1. The molecule has 1 aromatic heterocycles. The number of phenols is 1. The van der Waals surface area contributed by atoms with Gasteiger partial charge in [0.15, 0.2) is 26.7 Å². The number of hydrogen-bond acceptors (Lipinski definition) is 6. The minimum Gasteiger partial charge on any atom is -0.504 e. The van der Waals surface area contributed by atoms with Crippen LogP contribution in [0.3, 0.4) is 0 Å². The molecule has 3 aromatic rings. The molecule has 1 aliphatic heterocycles. The lowest BCUT2D eigenvalue weighted by atomic mass is 10.1. The highest BCUT2D eigenvalue weighted by atomic mass is 32.2. The van der Waals surface area contributed by atoms with Crippen molar-refractivity contribution in [1.82, 2.24) is 9.36 Å². The Morgan fingerprint density at radius 2 is 1.77 bits per heavy atom. The molecule has 31 heavy (non-hydrogen) atoms. The van der Waals surface area contributed by atoms with Crippen molar-refractivity contribution < 1.29 is 23.1 Å². The van der Waals surface area contributed by atoms with E-state index < -0.39 is 32.4 Å². The predicted molar refractivity (Wildman–Crippen MR) is 114 cm³/mol. The molecule has 1 saturated heterocycles. The van der Waals surface area contributed by atoms with Crippen LogP contribution in [0.2, 0.25) is 0 Å². The molecule has 1 aliphatic rings. The van der Waals surface area contributed by atoms with E-state index in [4.69, 9.17) is 4.74 Å². The summed E-state index contributed by atoms with van der Waals surface area (Å²) in [5, 5.41) is 8.48. The van der Waals surface area contributed by atoms with Gasteiger partial charge in [0, 0.05) is 7.05 Å². The molecule has 0 radical (unpaired) electrons. The van der Waals surface area contributed by atoms with Crippen LogP contribution in [0.15, 0.2) is 53.3 Å². The van der Waals surface area contributed by atoms with Gasteiger partial charge >= 0.3 is 0 Å². The molecule has 9 nitrogen and oxygen atoms in total. The lowest BCUT2D eigenvalue weighted by Gasteiger charge is -2.23. The van der Waals surface area contributed by atoms with Crippen LogP contribution in [0.4, 0.5) is 5.69 Å². The van der Waals surface area contributed by atoms with Crippen LogP contribution in [0.25, 0.3) is 5.69 Å². The molecular formula is C21H21N3O6S. The summed E-state index contributed by atoms with van der Waals surface area (Å²) in [4.78, 5) is 27.3. The van der Waals surface area contributed by atoms with Crippen LogP contribution in [0, 0.1) is 6.92 Å². The van der Waals surface area contributed by atoms with Gasteiger partial charge in [0.2, 0.25) is 5.91 Å². The first-order chi connectivity index (χ1) is 14.7. The van der Waals surface area contributed by atoms with Crippen LogP contribution in [-0.4, -0.2) is 41.7 Å². The van der Waals surface area contributed by atoms with Gasteiger partial charge in [-0.25, -0.2) is 13.1 Å². The molecule has 2 aromatic carbocycles. The minimum atomic E-state index is -3.94. The van der Waals surface area contributed by atoms with Crippen molar-refractivity contribution in [1.29, 1.82) is 0 Å². The maximum absolute atomic E-state index is 13.4. The molecular weight excluding hydrogens is 422 g/mol. The molecule has 4 rings (SSSR count). The fourth-order valence-electron chi connectivity index (χ4n) is 3.89. The number of rotatable bonds is 4. The van der Waals surface area contributed by atoms with Crippen molar-refractivity contribution in [3.05, 3.63) is 70.1 Å². The Labute approximate surface area is 178 Å². The highest BCUT2D eigenvalue weighted by molar-refractivity contribution is 7.93. The summed E-state index contributed by atoms with van der Waals surface area (Å²) in [5.74, 6) is -1.51. The van der Waals surface area contributed by atoms with Crippen molar-refractivity contribution >= 4 is 21.4 Å². The van der Waals surface area contributed by atoms with Crippen LogP contribution >= 0.6 is 0 Å². The quantitative estimate of drug-likeness (QED) is 0.657. The molecule has 1 amide bonds. The van der Waals surface area contributed by atoms with E-state index in [2.05, 4.69) is 0 Å². The summed E-state index contributed by atoms with van der Waals surface area (Å²) in [7, 11) is -0.939. The molecule has 0 saturated carbocycles. The van der Waals surface area contributed by atoms with Gasteiger partial charge in [0.25, 0.3) is 5.56 Å². The van der Waals surface area contributed by atoms with E-state index in [0.717, 1.165) is 4.90 Å². The van der Waals surface area contributed by atoms with E-state index >= 15 is 0 Å². The van der Waals surface area contributed by atoms with Gasteiger partial charge < -0.3 is 9.84 Å². The van der Waals surface area contributed by atoms with E-state index in [0.29, 0.717) is 11.4 Å². The van der Waals surface area contributed by atoms with Crippen molar-refractivity contribution in [3.8, 4) is 17.2 Å². The Bertz CT molecular complexity index is 1340. The lowest BCUT2D eigenvalue weighted by molar-refractivity contribution is -0.115. The number of amides is 1. The van der Waals surface area contributed by atoms with Gasteiger partial charge in [-0.05, 0) is 36.8 Å². The molecule has 1 N–H and O–H groups in total. The topological polar surface area (TPSA) is 111 Å². The fourth-order valence-corrected chi connectivity index (χ4v) is 5.64. The molecule has 1 unspecified atom stereocenters. The van der Waals surface area contributed by atoms with Crippen molar-refractivity contribution in [2.24, 2.45) is 7.05 Å². The second kappa shape index (κ2) is 7.31. The average Bonchev–Trinajstić information content (AvgIpc) is 3.10. The zero-order valence-electron chi connectivity index (χ0n) is 17.1. The highest BCUT2D eigenvalue weighted by Crippen LogP contribution is 2.40. The second-order valence-electron chi connectivity index (χ2n) is 7.26. The standard InChI is InChI=1S/C21H21N3O6S/c1-13-19(20(27)24(22(13)2)15-7-5-4-6-8-15)23-18(26)12-31(28,29)21(23)14-9-10-16(25)17(11-14)30-3/h4-11,21,25H,12H2,1-3H3. The normalized spacial score (nSPS) is 17.8. The monoisotopic (exact) mass is 443 g/mol. The van der Waals surface area contributed by atoms with E-state index in [1.54, 1.807) is 42.9 Å². The number of hydrogen-bond donors (Lipinski definition) is 1. The maximum atomic E-state index is 13.4. The number of benzene rings is 2. The van der Waals surface area contributed by atoms with E-state index in [1.165, 1.54) is 30.0 Å². The smallest absolute Gasteiger partial charge is 0.295 e. The summed E-state index contributed by atoms with van der Waals surface area (Å²) in [6, 6.07) is 12.9. The zero-order valence-corrected chi connectivity index (χ0v) is 18.0. The number of phenolic OH excluding ortho intramolecular Hbond substituents is 1. The number of aromatic hydroxyl groups is 1. The van der Waals surface area contributed by atoms with Gasteiger partial charge in [0.1, 0.15) is 11.4 Å². The number of ether oxygens (including phenoxy) is 1. The molecule has 0 aliphatic carbocycles. The van der Waals surface area contributed by atoms with Crippen LogP contribution in [-0.2, 0) is 21.7 Å². The third-order valence-electron chi connectivity index (χ3n) is 5.42. The molecule has 1 atom stereocenters. The van der Waals surface area contributed by atoms with E-state index in [-0.39, 0.29) is 22.7 Å². The van der Waals surface area contributed by atoms with E-state index in [9.17, 15) is 23.1 Å². The number of sulfone groups is 1. The summed E-state index contributed by atoms with van der Waals surface area (Å²) >= 11 is 0. The number of aromatic nitrogens is 2. The van der Waals surface area contributed by atoms with Gasteiger partial charge in [-0.1, -0.05) is 24.3 Å². The van der Waals surface area contributed by atoms with Gasteiger partial charge in [0.05, 0.1) is 18.5 Å². The SMILES string of the molecule is COc1cc(C2N(c3c(C)n(C)n(-c4ccccc4)c3=O)C(=O)CS2(=O)=O)ccc1O.